The van der Waals surface area contributed by atoms with E-state index in [9.17, 15) is 18.0 Å². The van der Waals surface area contributed by atoms with Gasteiger partial charge in [0.05, 0.1) is 10.6 Å². The molecule has 0 fully saturated rings. The Morgan fingerprint density at radius 1 is 0.756 bits per heavy atom. The Hall–Kier alpha value is -4.43. The number of nitrogens with zero attached hydrogens (tertiary/aromatic N) is 2. The van der Waals surface area contributed by atoms with Crippen molar-refractivity contribution in [2.45, 2.75) is 58.5 Å². The smallest absolute Gasteiger partial charge is 0.264 e. The zero-order valence-corrected chi connectivity index (χ0v) is 27.6. The number of hydrogen-bond donors (Lipinski definition) is 1. The second-order valence-electron chi connectivity index (χ2n) is 12.0. The number of anilines is 1. The van der Waals surface area contributed by atoms with Crippen LogP contribution in [0.15, 0.2) is 108 Å². The molecule has 0 heterocycles. The maximum Gasteiger partial charge on any atom is 0.264 e. The third-order valence-electron chi connectivity index (χ3n) is 7.66. The lowest BCUT2D eigenvalue weighted by Gasteiger charge is -2.34. The molecule has 2 amide bonds. The van der Waals surface area contributed by atoms with Crippen LogP contribution in [0.3, 0.4) is 0 Å². The quantitative estimate of drug-likeness (QED) is 0.191. The summed E-state index contributed by atoms with van der Waals surface area (Å²) in [6, 6.07) is 30.2. The van der Waals surface area contributed by atoms with E-state index in [2.05, 4.69) is 5.32 Å². The molecule has 0 unspecified atom stereocenters. The summed E-state index contributed by atoms with van der Waals surface area (Å²) in [4.78, 5) is 30.0. The molecular weight excluding hydrogens is 582 g/mol. The van der Waals surface area contributed by atoms with Gasteiger partial charge in [-0.25, -0.2) is 8.42 Å². The Kier molecular flexibility index (Phi) is 11.2. The number of hydrogen-bond acceptors (Lipinski definition) is 4. The molecule has 4 aromatic rings. The average molecular weight is 626 g/mol. The summed E-state index contributed by atoms with van der Waals surface area (Å²) in [7, 11) is -4.15. The van der Waals surface area contributed by atoms with E-state index < -0.39 is 28.5 Å². The molecule has 4 aromatic carbocycles. The topological polar surface area (TPSA) is 86.8 Å². The summed E-state index contributed by atoms with van der Waals surface area (Å²) in [5.74, 6) is -0.546. The second kappa shape index (κ2) is 15.0. The first-order chi connectivity index (χ1) is 21.5. The van der Waals surface area contributed by atoms with E-state index in [1.165, 1.54) is 9.21 Å². The number of aryl methyl sites for hydroxylation is 3. The molecule has 0 radical (unpaired) electrons. The highest BCUT2D eigenvalue weighted by molar-refractivity contribution is 7.92. The lowest BCUT2D eigenvalue weighted by Crippen LogP contribution is -2.53. The van der Waals surface area contributed by atoms with Gasteiger partial charge in [0.1, 0.15) is 12.6 Å². The molecule has 0 aliphatic carbocycles. The predicted molar refractivity (Wildman–Crippen MR) is 180 cm³/mol. The highest BCUT2D eigenvalue weighted by Gasteiger charge is 2.35. The van der Waals surface area contributed by atoms with E-state index >= 15 is 0 Å². The van der Waals surface area contributed by atoms with Crippen LogP contribution in [0.2, 0.25) is 0 Å². The van der Waals surface area contributed by atoms with Gasteiger partial charge < -0.3 is 10.2 Å². The van der Waals surface area contributed by atoms with Crippen molar-refractivity contribution in [1.82, 2.24) is 10.2 Å². The van der Waals surface area contributed by atoms with E-state index in [0.717, 1.165) is 27.8 Å². The molecule has 0 saturated heterocycles. The molecule has 0 spiro atoms. The van der Waals surface area contributed by atoms with Gasteiger partial charge in [0.25, 0.3) is 10.0 Å². The molecule has 236 valence electrons. The van der Waals surface area contributed by atoms with Crippen molar-refractivity contribution in [1.29, 1.82) is 0 Å². The summed E-state index contributed by atoms with van der Waals surface area (Å²) >= 11 is 0. The summed E-state index contributed by atoms with van der Waals surface area (Å²) in [6.07, 6.45) is 0.275. The largest absolute Gasteiger partial charge is 0.354 e. The first kappa shape index (κ1) is 33.5. The fourth-order valence-electron chi connectivity index (χ4n) is 5.19. The van der Waals surface area contributed by atoms with Gasteiger partial charge in [0, 0.05) is 19.5 Å². The molecule has 7 nitrogen and oxygen atoms in total. The van der Waals surface area contributed by atoms with Crippen LogP contribution in [0.5, 0.6) is 0 Å². The van der Waals surface area contributed by atoms with E-state index in [1.54, 1.807) is 30.3 Å². The van der Waals surface area contributed by atoms with Crippen LogP contribution in [-0.2, 0) is 32.6 Å². The minimum Gasteiger partial charge on any atom is -0.354 e. The lowest BCUT2D eigenvalue weighted by atomic mass is 10.0. The molecule has 0 aliphatic heterocycles. The van der Waals surface area contributed by atoms with Crippen LogP contribution >= 0.6 is 0 Å². The van der Waals surface area contributed by atoms with Crippen molar-refractivity contribution in [2.24, 2.45) is 5.92 Å². The van der Waals surface area contributed by atoms with Crippen molar-refractivity contribution in [3.8, 4) is 0 Å². The highest BCUT2D eigenvalue weighted by Crippen LogP contribution is 2.29. The number of carbonyl (C=O) groups is 2. The van der Waals surface area contributed by atoms with Crippen LogP contribution in [0.1, 0.15) is 41.7 Å². The Bertz CT molecular complexity index is 1690. The Balaban J connectivity index is 1.81. The van der Waals surface area contributed by atoms with E-state index in [4.69, 9.17) is 0 Å². The third kappa shape index (κ3) is 8.82. The number of carbonyl (C=O) groups excluding carboxylic acids is 2. The number of sulfonamides is 1. The average Bonchev–Trinajstić information content (AvgIpc) is 3.01. The third-order valence-corrected chi connectivity index (χ3v) is 9.43. The highest BCUT2D eigenvalue weighted by atomic mass is 32.2. The van der Waals surface area contributed by atoms with Gasteiger partial charge >= 0.3 is 0 Å². The molecule has 0 aromatic heterocycles. The van der Waals surface area contributed by atoms with Gasteiger partial charge in [-0.3, -0.25) is 13.9 Å². The number of nitrogens with one attached hydrogen (secondary N) is 1. The van der Waals surface area contributed by atoms with Gasteiger partial charge in [-0.1, -0.05) is 110 Å². The molecule has 0 aliphatic rings. The standard InChI is InChI=1S/C37H43N3O4S/c1-27(2)24-38-37(42)35(23-31-12-8-6-9-13-31)39(25-32-14-10-7-11-15-32)36(41)26-40(34-21-18-29(4)22-30(34)5)45(43,44)33-19-16-28(3)17-20-33/h6-22,27,35H,23-26H2,1-5H3,(H,38,42)/t35-/m1/s1. The maximum atomic E-state index is 14.6. The second-order valence-corrected chi connectivity index (χ2v) is 13.8. The van der Waals surface area contributed by atoms with Gasteiger partial charge in [-0.2, -0.15) is 0 Å². The zero-order valence-electron chi connectivity index (χ0n) is 26.7. The Labute approximate surface area is 268 Å². The minimum atomic E-state index is -4.15. The Morgan fingerprint density at radius 2 is 1.33 bits per heavy atom. The SMILES string of the molecule is Cc1ccc(S(=O)(=O)N(CC(=O)N(Cc2ccccc2)[C@H](Cc2ccccc2)C(=O)NCC(C)C)c2ccc(C)cc2C)cc1. The van der Waals surface area contributed by atoms with Gasteiger partial charge in [-0.05, 0) is 61.6 Å². The maximum absolute atomic E-state index is 14.6. The number of benzene rings is 4. The fraction of sp³-hybridized carbons (Fsp3) is 0.297. The van der Waals surface area contributed by atoms with Crippen LogP contribution in [0, 0.1) is 26.7 Å². The minimum absolute atomic E-state index is 0.0889. The van der Waals surface area contributed by atoms with Gasteiger partial charge in [0.15, 0.2) is 0 Å². The molecule has 1 atom stereocenters. The predicted octanol–water partition coefficient (Wildman–Crippen LogP) is 6.22. The fourth-order valence-corrected chi connectivity index (χ4v) is 6.67. The van der Waals surface area contributed by atoms with Gasteiger partial charge in [-0.15, -0.1) is 0 Å². The van der Waals surface area contributed by atoms with Crippen molar-refractivity contribution in [2.75, 3.05) is 17.4 Å². The first-order valence-corrected chi connectivity index (χ1v) is 16.7. The van der Waals surface area contributed by atoms with E-state index in [-0.39, 0.29) is 29.7 Å². The molecule has 4 rings (SSSR count). The Morgan fingerprint density at radius 3 is 1.91 bits per heavy atom. The van der Waals surface area contributed by atoms with Crippen molar-refractivity contribution < 1.29 is 18.0 Å². The number of rotatable bonds is 13. The number of amides is 2. The lowest BCUT2D eigenvalue weighted by molar-refractivity contribution is -0.140. The van der Waals surface area contributed by atoms with Crippen LogP contribution in [-0.4, -0.2) is 44.3 Å². The summed E-state index contributed by atoms with van der Waals surface area (Å²) in [6.45, 7) is 9.80. The molecule has 0 bridgehead atoms. The zero-order chi connectivity index (χ0) is 32.6. The van der Waals surface area contributed by atoms with Gasteiger partial charge in [0.2, 0.25) is 11.8 Å². The summed E-state index contributed by atoms with van der Waals surface area (Å²) in [5.41, 5.74) is 4.77. The first-order valence-electron chi connectivity index (χ1n) is 15.3. The van der Waals surface area contributed by atoms with Crippen LogP contribution in [0.25, 0.3) is 0 Å². The molecule has 1 N–H and O–H groups in total. The molecular formula is C37H43N3O4S. The van der Waals surface area contributed by atoms with Crippen molar-refractivity contribution in [3.05, 3.63) is 131 Å². The molecule has 0 saturated carbocycles. The normalized spacial score (nSPS) is 12.0. The van der Waals surface area contributed by atoms with E-state index in [0.29, 0.717) is 12.2 Å². The summed E-state index contributed by atoms with van der Waals surface area (Å²) < 4.78 is 29.7. The monoisotopic (exact) mass is 625 g/mol. The molecule has 45 heavy (non-hydrogen) atoms. The van der Waals surface area contributed by atoms with Crippen molar-refractivity contribution in [3.63, 3.8) is 0 Å². The molecule has 8 heteroatoms. The van der Waals surface area contributed by atoms with Crippen LogP contribution < -0.4 is 9.62 Å². The van der Waals surface area contributed by atoms with Crippen molar-refractivity contribution >= 4 is 27.5 Å². The van der Waals surface area contributed by atoms with E-state index in [1.807, 2.05) is 107 Å². The van der Waals surface area contributed by atoms with Crippen LogP contribution in [0.4, 0.5) is 5.69 Å². The summed E-state index contributed by atoms with van der Waals surface area (Å²) in [5, 5.41) is 3.02.